The second-order valence-electron chi connectivity index (χ2n) is 9.29. The van der Waals surface area contributed by atoms with Crippen molar-refractivity contribution in [2.75, 3.05) is 0 Å². The van der Waals surface area contributed by atoms with E-state index in [-0.39, 0.29) is 0 Å². The highest BCUT2D eigenvalue weighted by Crippen LogP contribution is 2.32. The quantitative estimate of drug-likeness (QED) is 0.250. The second-order valence-corrected chi connectivity index (χ2v) is 9.29. The van der Waals surface area contributed by atoms with Crippen LogP contribution in [0.2, 0.25) is 0 Å². The molecule has 0 aliphatic carbocycles. The first-order chi connectivity index (χ1) is 18.3. The lowest BCUT2D eigenvalue weighted by molar-refractivity contribution is 1.18. The van der Waals surface area contributed by atoms with Crippen molar-refractivity contribution in [2.24, 2.45) is 0 Å². The van der Waals surface area contributed by atoms with Gasteiger partial charge in [-0.15, -0.1) is 0 Å². The van der Waals surface area contributed by atoms with Crippen molar-refractivity contribution in [3.05, 3.63) is 146 Å². The summed E-state index contributed by atoms with van der Waals surface area (Å²) in [6.45, 7) is 0. The van der Waals surface area contributed by atoms with Crippen LogP contribution in [0.1, 0.15) is 0 Å². The summed E-state index contributed by atoms with van der Waals surface area (Å²) in [7, 11) is 0. The fourth-order valence-electron chi connectivity index (χ4n) is 5.20. The molecule has 0 atom stereocenters. The number of hydrogen-bond donors (Lipinski definition) is 0. The van der Waals surface area contributed by atoms with Gasteiger partial charge in [0.25, 0.3) is 0 Å². The lowest BCUT2D eigenvalue weighted by Crippen LogP contribution is -1.94. The number of hydrogen-bond acceptors (Lipinski definition) is 1. The first kappa shape index (κ1) is 21.3. The van der Waals surface area contributed by atoms with Gasteiger partial charge >= 0.3 is 0 Å². The molecule has 2 nitrogen and oxygen atoms in total. The van der Waals surface area contributed by atoms with E-state index in [1.165, 1.54) is 38.5 Å². The largest absolute Gasteiger partial charge is 0.309 e. The van der Waals surface area contributed by atoms with E-state index in [4.69, 9.17) is 4.98 Å². The molecule has 0 aliphatic heterocycles. The number of para-hydroxylation sites is 2. The third-order valence-electron chi connectivity index (χ3n) is 7.09. The van der Waals surface area contributed by atoms with E-state index < -0.39 is 0 Å². The van der Waals surface area contributed by atoms with Crippen LogP contribution in [0.3, 0.4) is 0 Å². The van der Waals surface area contributed by atoms with Gasteiger partial charge in [-0.2, -0.15) is 0 Å². The Balaban J connectivity index is 1.18. The number of aromatic nitrogens is 2. The van der Waals surface area contributed by atoms with Crippen LogP contribution in [0.15, 0.2) is 146 Å². The number of nitrogens with zero attached hydrogens (tertiary/aromatic N) is 2. The highest BCUT2D eigenvalue weighted by molar-refractivity contribution is 6.09. The molecule has 2 heterocycles. The monoisotopic (exact) mass is 472 g/mol. The molecule has 0 aliphatic rings. The van der Waals surface area contributed by atoms with Gasteiger partial charge in [-0.25, -0.2) is 0 Å². The third kappa shape index (κ3) is 3.80. The Labute approximate surface area is 216 Å². The molecule has 0 N–H and O–H groups in total. The standard InChI is InChI=1S/C35H24N2/c1-2-8-25(9-3-1)26-14-16-27(17-15-26)29-20-23-33(36-24-29)28-18-21-30(22-19-28)37-34-12-6-4-10-31(34)32-11-5-7-13-35(32)37/h1-24H. The Bertz CT molecular complexity index is 1770. The highest BCUT2D eigenvalue weighted by Gasteiger charge is 2.11. The Morgan fingerprint density at radius 2 is 0.865 bits per heavy atom. The molecule has 0 bridgehead atoms. The second kappa shape index (κ2) is 8.92. The molecule has 5 aromatic carbocycles. The molecule has 0 spiro atoms. The molecule has 2 heteroatoms. The fraction of sp³-hybridized carbons (Fsp3) is 0. The minimum absolute atomic E-state index is 0.971. The van der Waals surface area contributed by atoms with E-state index in [2.05, 4.69) is 138 Å². The van der Waals surface area contributed by atoms with E-state index >= 15 is 0 Å². The number of benzene rings is 5. The molecule has 0 unspecified atom stereocenters. The molecule has 0 saturated heterocycles. The molecule has 2 aromatic heterocycles. The smallest absolute Gasteiger partial charge is 0.0702 e. The maximum atomic E-state index is 4.79. The van der Waals surface area contributed by atoms with Crippen molar-refractivity contribution in [1.82, 2.24) is 9.55 Å². The van der Waals surface area contributed by atoms with Crippen molar-refractivity contribution in [3.8, 4) is 39.2 Å². The average Bonchev–Trinajstić information content (AvgIpc) is 3.32. The summed E-state index contributed by atoms with van der Waals surface area (Å²) >= 11 is 0. The summed E-state index contributed by atoms with van der Waals surface area (Å²) in [5.74, 6) is 0. The Kier molecular flexibility index (Phi) is 5.15. The van der Waals surface area contributed by atoms with Gasteiger partial charge in [-0.1, -0.05) is 109 Å². The van der Waals surface area contributed by atoms with Crippen molar-refractivity contribution in [2.45, 2.75) is 0 Å². The van der Waals surface area contributed by atoms with Crippen molar-refractivity contribution in [3.63, 3.8) is 0 Å². The summed E-state index contributed by atoms with van der Waals surface area (Å²) in [5, 5.41) is 2.55. The molecule has 7 rings (SSSR count). The number of rotatable bonds is 4. The van der Waals surface area contributed by atoms with Gasteiger partial charge in [-0.05, 0) is 47.0 Å². The summed E-state index contributed by atoms with van der Waals surface area (Å²) in [6, 6.07) is 49.3. The number of fused-ring (bicyclic) bond motifs is 3. The van der Waals surface area contributed by atoms with Crippen LogP contribution in [0, 0.1) is 0 Å². The fourth-order valence-corrected chi connectivity index (χ4v) is 5.20. The van der Waals surface area contributed by atoms with Crippen molar-refractivity contribution < 1.29 is 0 Å². The van der Waals surface area contributed by atoms with E-state index in [1.54, 1.807) is 0 Å². The minimum atomic E-state index is 0.971. The maximum absolute atomic E-state index is 4.79. The zero-order valence-corrected chi connectivity index (χ0v) is 20.3. The van der Waals surface area contributed by atoms with Gasteiger partial charge < -0.3 is 4.57 Å². The molecule has 7 aromatic rings. The molecule has 0 amide bonds. The van der Waals surface area contributed by atoms with Crippen LogP contribution in [0.5, 0.6) is 0 Å². The Morgan fingerprint density at radius 1 is 0.378 bits per heavy atom. The molecule has 0 fully saturated rings. The molecule has 174 valence electrons. The molecule has 0 radical (unpaired) electrons. The summed E-state index contributed by atoms with van der Waals surface area (Å²) in [4.78, 5) is 4.79. The van der Waals surface area contributed by atoms with Gasteiger partial charge in [0.05, 0.1) is 16.7 Å². The molecule has 37 heavy (non-hydrogen) atoms. The first-order valence-corrected chi connectivity index (χ1v) is 12.6. The van der Waals surface area contributed by atoms with Crippen LogP contribution >= 0.6 is 0 Å². The van der Waals surface area contributed by atoms with E-state index in [0.717, 1.165) is 22.5 Å². The highest BCUT2D eigenvalue weighted by atomic mass is 15.0. The van der Waals surface area contributed by atoms with E-state index in [9.17, 15) is 0 Å². The lowest BCUT2D eigenvalue weighted by Gasteiger charge is -2.09. The normalized spacial score (nSPS) is 11.2. The summed E-state index contributed by atoms with van der Waals surface area (Å²) < 4.78 is 2.34. The third-order valence-corrected chi connectivity index (χ3v) is 7.09. The van der Waals surface area contributed by atoms with Gasteiger partial charge in [0, 0.05) is 33.8 Å². The minimum Gasteiger partial charge on any atom is -0.309 e. The zero-order valence-electron chi connectivity index (χ0n) is 20.3. The van der Waals surface area contributed by atoms with Gasteiger partial charge in [0.2, 0.25) is 0 Å². The first-order valence-electron chi connectivity index (χ1n) is 12.6. The van der Waals surface area contributed by atoms with Gasteiger partial charge in [0.15, 0.2) is 0 Å². The van der Waals surface area contributed by atoms with Crippen LogP contribution in [-0.2, 0) is 0 Å². The molecular weight excluding hydrogens is 448 g/mol. The summed E-state index contributed by atoms with van der Waals surface area (Å²) in [6.07, 6.45) is 1.97. The van der Waals surface area contributed by atoms with Gasteiger partial charge in [0.1, 0.15) is 0 Å². The van der Waals surface area contributed by atoms with Crippen LogP contribution < -0.4 is 0 Å². The SMILES string of the molecule is c1ccc(-c2ccc(-c3ccc(-c4ccc(-n5c6ccccc6c6ccccc65)cc4)nc3)cc2)cc1. The Hall–Kier alpha value is -4.95. The molecule has 0 saturated carbocycles. The zero-order chi connectivity index (χ0) is 24.6. The maximum Gasteiger partial charge on any atom is 0.0702 e. The average molecular weight is 473 g/mol. The Morgan fingerprint density at radius 3 is 1.46 bits per heavy atom. The van der Waals surface area contributed by atoms with Crippen LogP contribution in [0.4, 0.5) is 0 Å². The van der Waals surface area contributed by atoms with Crippen LogP contribution in [-0.4, -0.2) is 9.55 Å². The topological polar surface area (TPSA) is 17.8 Å². The van der Waals surface area contributed by atoms with E-state index in [1.807, 2.05) is 12.3 Å². The van der Waals surface area contributed by atoms with Gasteiger partial charge in [-0.3, -0.25) is 4.98 Å². The van der Waals surface area contributed by atoms with Crippen molar-refractivity contribution >= 4 is 21.8 Å². The van der Waals surface area contributed by atoms with E-state index in [0.29, 0.717) is 0 Å². The summed E-state index contributed by atoms with van der Waals surface area (Å²) in [5.41, 5.74) is 10.4. The predicted molar refractivity (Wildman–Crippen MR) is 155 cm³/mol. The number of pyridine rings is 1. The van der Waals surface area contributed by atoms with Crippen molar-refractivity contribution in [1.29, 1.82) is 0 Å². The molecular formula is C35H24N2. The van der Waals surface area contributed by atoms with Crippen LogP contribution in [0.25, 0.3) is 61.0 Å². The lowest BCUT2D eigenvalue weighted by atomic mass is 10.0. The predicted octanol–water partition coefficient (Wildman–Crippen LogP) is 9.18.